The van der Waals surface area contributed by atoms with Crippen molar-refractivity contribution < 1.29 is 9.53 Å². The number of thiophene rings is 1. The Hall–Kier alpha value is -2.32. The fourth-order valence-corrected chi connectivity index (χ4v) is 2.51. The summed E-state index contributed by atoms with van der Waals surface area (Å²) in [6.07, 6.45) is 0.434. The van der Waals surface area contributed by atoms with Crippen molar-refractivity contribution in [3.8, 4) is 11.8 Å². The fourth-order valence-electron chi connectivity index (χ4n) is 1.76. The molecule has 0 radical (unpaired) electrons. The van der Waals surface area contributed by atoms with Gasteiger partial charge >= 0.3 is 0 Å². The molecule has 0 bridgehead atoms. The minimum atomic E-state index is -0.695. The normalized spacial score (nSPS) is 11.4. The van der Waals surface area contributed by atoms with Gasteiger partial charge in [-0.2, -0.15) is 5.26 Å². The molecule has 1 aromatic heterocycles. The summed E-state index contributed by atoms with van der Waals surface area (Å²) in [6.45, 7) is 0. The van der Waals surface area contributed by atoms with Gasteiger partial charge in [0.15, 0.2) is 0 Å². The molecule has 0 spiro atoms. The van der Waals surface area contributed by atoms with Gasteiger partial charge in [-0.3, -0.25) is 4.79 Å². The number of hydrogen-bond acceptors (Lipinski definition) is 4. The van der Waals surface area contributed by atoms with Gasteiger partial charge in [0.05, 0.1) is 13.2 Å². The lowest BCUT2D eigenvalue weighted by Crippen LogP contribution is -2.23. The second-order valence-corrected chi connectivity index (χ2v) is 5.22. The molecule has 20 heavy (non-hydrogen) atoms. The Balaban J connectivity index is 2.03. The first-order chi connectivity index (χ1) is 9.72. The van der Waals surface area contributed by atoms with Crippen LogP contribution in [0.25, 0.3) is 0 Å². The molecule has 5 heteroatoms. The second-order valence-electron chi connectivity index (χ2n) is 4.19. The van der Waals surface area contributed by atoms with E-state index in [9.17, 15) is 4.79 Å². The average molecular weight is 286 g/mol. The number of amides is 1. The van der Waals surface area contributed by atoms with Crippen LogP contribution in [-0.4, -0.2) is 13.0 Å². The number of anilines is 1. The highest BCUT2D eigenvalue weighted by atomic mass is 32.1. The van der Waals surface area contributed by atoms with Gasteiger partial charge in [0.2, 0.25) is 5.91 Å². The van der Waals surface area contributed by atoms with Crippen molar-refractivity contribution in [1.29, 1.82) is 5.26 Å². The van der Waals surface area contributed by atoms with E-state index in [0.29, 0.717) is 17.9 Å². The van der Waals surface area contributed by atoms with Crippen LogP contribution in [-0.2, 0) is 11.2 Å². The Morgan fingerprint density at radius 2 is 2.30 bits per heavy atom. The van der Waals surface area contributed by atoms with Crippen LogP contribution in [0.5, 0.6) is 5.75 Å². The number of ether oxygens (including phenoxy) is 1. The standard InChI is InChI=1S/C15H14N2O2S/c1-19-13-5-2-4-12(9-13)17-15(18)11(10-16)8-14-6-3-7-20-14/h2-7,9,11H,8H2,1H3,(H,17,18)/t11-/m1/s1. The Kier molecular flexibility index (Phi) is 4.75. The number of hydrogen-bond donors (Lipinski definition) is 1. The van der Waals surface area contributed by atoms with Crippen LogP contribution in [0, 0.1) is 17.2 Å². The van der Waals surface area contributed by atoms with E-state index in [-0.39, 0.29) is 5.91 Å². The molecule has 0 saturated carbocycles. The summed E-state index contributed by atoms with van der Waals surface area (Å²) in [5, 5.41) is 13.8. The van der Waals surface area contributed by atoms with E-state index in [1.165, 1.54) is 0 Å². The van der Waals surface area contributed by atoms with E-state index in [4.69, 9.17) is 10.00 Å². The molecule has 1 amide bonds. The Morgan fingerprint density at radius 3 is 2.95 bits per heavy atom. The van der Waals surface area contributed by atoms with Crippen LogP contribution in [0.3, 0.4) is 0 Å². The summed E-state index contributed by atoms with van der Waals surface area (Å²) in [7, 11) is 1.57. The van der Waals surface area contributed by atoms with E-state index in [1.807, 2.05) is 17.5 Å². The molecule has 2 aromatic rings. The molecule has 2 rings (SSSR count). The molecule has 0 aliphatic carbocycles. The lowest BCUT2D eigenvalue weighted by Gasteiger charge is -2.10. The zero-order valence-electron chi connectivity index (χ0n) is 11.0. The molecule has 1 aromatic carbocycles. The summed E-state index contributed by atoms with van der Waals surface area (Å²) >= 11 is 1.55. The molecule has 102 valence electrons. The van der Waals surface area contributed by atoms with Crippen LogP contribution in [0.1, 0.15) is 4.88 Å². The minimum absolute atomic E-state index is 0.297. The van der Waals surface area contributed by atoms with Crippen LogP contribution in [0.15, 0.2) is 41.8 Å². The molecule has 1 atom stereocenters. The van der Waals surface area contributed by atoms with Crippen LogP contribution >= 0.6 is 11.3 Å². The molecule has 0 fully saturated rings. The molecular formula is C15H14N2O2S. The number of carbonyl (C=O) groups excluding carboxylic acids is 1. The molecule has 1 heterocycles. The number of nitrogens with one attached hydrogen (secondary N) is 1. The van der Waals surface area contributed by atoms with Crippen LogP contribution in [0.2, 0.25) is 0 Å². The minimum Gasteiger partial charge on any atom is -0.497 e. The number of nitriles is 1. The van der Waals surface area contributed by atoms with Crippen molar-refractivity contribution >= 4 is 22.9 Å². The third kappa shape index (κ3) is 3.59. The highest BCUT2D eigenvalue weighted by Crippen LogP contribution is 2.19. The third-order valence-corrected chi connectivity index (χ3v) is 3.69. The molecule has 0 aliphatic heterocycles. The Morgan fingerprint density at radius 1 is 1.45 bits per heavy atom. The maximum absolute atomic E-state index is 12.1. The summed E-state index contributed by atoms with van der Waals surface area (Å²) < 4.78 is 5.09. The first-order valence-electron chi connectivity index (χ1n) is 6.10. The number of carbonyl (C=O) groups is 1. The Bertz CT molecular complexity index is 617. The molecule has 0 unspecified atom stereocenters. The van der Waals surface area contributed by atoms with Gasteiger partial charge in [0.1, 0.15) is 11.7 Å². The maximum Gasteiger partial charge on any atom is 0.242 e. The van der Waals surface area contributed by atoms with E-state index < -0.39 is 5.92 Å². The smallest absolute Gasteiger partial charge is 0.242 e. The van der Waals surface area contributed by atoms with Crippen molar-refractivity contribution in [2.75, 3.05) is 12.4 Å². The quantitative estimate of drug-likeness (QED) is 0.918. The van der Waals surface area contributed by atoms with Gasteiger partial charge < -0.3 is 10.1 Å². The fraction of sp³-hybridized carbons (Fsp3) is 0.200. The number of methoxy groups -OCH3 is 1. The maximum atomic E-state index is 12.1. The van der Waals surface area contributed by atoms with Gasteiger partial charge in [0, 0.05) is 23.1 Å². The number of rotatable bonds is 5. The zero-order chi connectivity index (χ0) is 14.4. The number of benzene rings is 1. The van der Waals surface area contributed by atoms with Gasteiger partial charge in [-0.05, 0) is 23.6 Å². The molecule has 0 saturated heterocycles. The van der Waals surface area contributed by atoms with Gasteiger partial charge in [-0.1, -0.05) is 12.1 Å². The summed E-state index contributed by atoms with van der Waals surface area (Å²) in [4.78, 5) is 13.1. The SMILES string of the molecule is COc1cccc(NC(=O)[C@@H](C#N)Cc2cccs2)c1. The highest BCUT2D eigenvalue weighted by Gasteiger charge is 2.19. The molecule has 1 N–H and O–H groups in total. The Labute approximate surface area is 121 Å². The second kappa shape index (κ2) is 6.73. The van der Waals surface area contributed by atoms with Gasteiger partial charge in [-0.15, -0.1) is 11.3 Å². The van der Waals surface area contributed by atoms with Crippen molar-refractivity contribution in [1.82, 2.24) is 0 Å². The van der Waals surface area contributed by atoms with Gasteiger partial charge in [-0.25, -0.2) is 0 Å². The van der Waals surface area contributed by atoms with Crippen molar-refractivity contribution in [2.24, 2.45) is 5.92 Å². The van der Waals surface area contributed by atoms with E-state index in [2.05, 4.69) is 11.4 Å². The van der Waals surface area contributed by atoms with E-state index in [1.54, 1.807) is 42.7 Å². The summed E-state index contributed by atoms with van der Waals surface area (Å²) in [5.74, 6) is -0.330. The third-order valence-electron chi connectivity index (χ3n) is 2.80. The van der Waals surface area contributed by atoms with Crippen molar-refractivity contribution in [2.45, 2.75) is 6.42 Å². The van der Waals surface area contributed by atoms with Crippen molar-refractivity contribution in [3.05, 3.63) is 46.7 Å². The monoisotopic (exact) mass is 286 g/mol. The molecular weight excluding hydrogens is 272 g/mol. The lowest BCUT2D eigenvalue weighted by molar-refractivity contribution is -0.118. The van der Waals surface area contributed by atoms with E-state index >= 15 is 0 Å². The summed E-state index contributed by atoms with van der Waals surface area (Å²) in [5.41, 5.74) is 0.626. The topological polar surface area (TPSA) is 62.1 Å². The first kappa shape index (κ1) is 14.1. The van der Waals surface area contributed by atoms with E-state index in [0.717, 1.165) is 4.88 Å². The molecule has 4 nitrogen and oxygen atoms in total. The molecule has 0 aliphatic rings. The highest BCUT2D eigenvalue weighted by molar-refractivity contribution is 7.09. The van der Waals surface area contributed by atoms with Gasteiger partial charge in [0.25, 0.3) is 0 Å². The lowest BCUT2D eigenvalue weighted by atomic mass is 10.1. The average Bonchev–Trinajstić information content (AvgIpc) is 2.97. The summed E-state index contributed by atoms with van der Waals surface area (Å²) in [6, 6.07) is 13.0. The number of nitrogens with zero attached hydrogens (tertiary/aromatic N) is 1. The first-order valence-corrected chi connectivity index (χ1v) is 6.98. The predicted octanol–water partition coefficient (Wildman–Crippen LogP) is 3.08. The van der Waals surface area contributed by atoms with Crippen LogP contribution in [0.4, 0.5) is 5.69 Å². The van der Waals surface area contributed by atoms with Crippen LogP contribution < -0.4 is 10.1 Å². The largest absolute Gasteiger partial charge is 0.497 e. The zero-order valence-corrected chi connectivity index (χ0v) is 11.8. The van der Waals surface area contributed by atoms with Crippen molar-refractivity contribution in [3.63, 3.8) is 0 Å². The predicted molar refractivity (Wildman–Crippen MR) is 78.7 cm³/mol.